The molecule has 0 aliphatic rings. The average molecular weight is 556 g/mol. The normalized spacial score (nSPS) is 12.2. The maximum atomic E-state index is 13.7. The van der Waals surface area contributed by atoms with Gasteiger partial charge in [0.15, 0.2) is 5.03 Å². The number of carbonyl (C=O) groups excluding carboxylic acids is 2. The number of hydrazone groups is 1. The molecule has 0 fully saturated rings. The molecule has 0 unspecified atom stereocenters. The van der Waals surface area contributed by atoms with E-state index in [1.54, 1.807) is 0 Å². The molecular weight excluding hydrogens is 522 g/mol. The van der Waals surface area contributed by atoms with Crippen molar-refractivity contribution in [1.82, 2.24) is 20.9 Å². The molecule has 0 aliphatic carbocycles. The van der Waals surface area contributed by atoms with Gasteiger partial charge in [-0.1, -0.05) is 78.9 Å². The molecule has 1 aromatic heterocycles. The number of nitrogens with zero attached hydrogens (tertiary/aromatic N) is 2. The van der Waals surface area contributed by atoms with Crippen LogP contribution >= 0.6 is 0 Å². The Morgan fingerprint density at radius 2 is 1.51 bits per heavy atom. The molecule has 1 atom stereocenters. The molecule has 11 nitrogen and oxygen atoms in total. The van der Waals surface area contributed by atoms with Crippen LogP contribution < -0.4 is 21.7 Å². The molecule has 1 heterocycles. The smallest absolute Gasteiger partial charge is 0.266 e. The highest BCUT2D eigenvalue weighted by molar-refractivity contribution is 5.92. The molecular formula is C30H33N7O4. The van der Waals surface area contributed by atoms with E-state index in [0.29, 0.717) is 19.4 Å². The largest absolute Gasteiger partial charge is 0.365 e. The Hall–Kier alpha value is -5.19. The van der Waals surface area contributed by atoms with E-state index in [2.05, 4.69) is 26.0 Å². The fraction of sp³-hybridized carbons (Fsp3) is 0.233. The van der Waals surface area contributed by atoms with Gasteiger partial charge in [0, 0.05) is 30.2 Å². The van der Waals surface area contributed by atoms with E-state index in [4.69, 9.17) is 5.73 Å². The molecule has 0 saturated heterocycles. The Kier molecular flexibility index (Phi) is 10.0. The van der Waals surface area contributed by atoms with Gasteiger partial charge in [-0.05, 0) is 42.0 Å². The van der Waals surface area contributed by atoms with E-state index in [-0.39, 0.29) is 30.7 Å². The third kappa shape index (κ3) is 8.15. The van der Waals surface area contributed by atoms with Crippen LogP contribution in [-0.4, -0.2) is 46.9 Å². The van der Waals surface area contributed by atoms with Crippen molar-refractivity contribution in [2.75, 3.05) is 13.1 Å². The number of nitrogens with one attached hydrogen (secondary N) is 4. The summed E-state index contributed by atoms with van der Waals surface area (Å²) in [6, 6.07) is 25.9. The number of aromatic amines is 1. The second-order valence-electron chi connectivity index (χ2n) is 9.51. The molecule has 212 valence electrons. The second-order valence-corrected chi connectivity index (χ2v) is 9.51. The second kappa shape index (κ2) is 14.3. The molecule has 6 N–H and O–H groups in total. The number of rotatable bonds is 13. The number of hydrogen-bond donors (Lipinski definition) is 5. The lowest BCUT2D eigenvalue weighted by atomic mass is 9.90. The number of hydrogen-bond acceptors (Lipinski definition) is 4. The third-order valence-corrected chi connectivity index (χ3v) is 6.69. The van der Waals surface area contributed by atoms with Crippen LogP contribution in [0.2, 0.25) is 0 Å². The van der Waals surface area contributed by atoms with E-state index in [1.807, 2.05) is 91.1 Å². The molecule has 4 rings (SSSR count). The van der Waals surface area contributed by atoms with Crippen molar-refractivity contribution in [2.45, 2.75) is 31.2 Å². The van der Waals surface area contributed by atoms with Crippen LogP contribution in [0.25, 0.3) is 10.9 Å². The van der Waals surface area contributed by atoms with Crippen molar-refractivity contribution in [3.8, 4) is 0 Å². The molecule has 0 radical (unpaired) electrons. The minimum Gasteiger partial charge on any atom is -0.365 e. The van der Waals surface area contributed by atoms with Crippen LogP contribution in [0.3, 0.4) is 0 Å². The Labute approximate surface area is 237 Å². The van der Waals surface area contributed by atoms with E-state index in [9.17, 15) is 19.7 Å². The Morgan fingerprint density at radius 3 is 2.17 bits per heavy atom. The molecule has 0 spiro atoms. The van der Waals surface area contributed by atoms with Crippen LogP contribution in [0.4, 0.5) is 0 Å². The number of para-hydroxylation sites is 1. The molecule has 4 aromatic rings. The molecule has 41 heavy (non-hydrogen) atoms. The summed E-state index contributed by atoms with van der Waals surface area (Å²) in [6.45, 7) is 0.619. The minimum absolute atomic E-state index is 0.235. The number of fused-ring (bicyclic) bond motifs is 1. The van der Waals surface area contributed by atoms with E-state index >= 15 is 0 Å². The molecule has 11 heteroatoms. The number of benzene rings is 3. The summed E-state index contributed by atoms with van der Waals surface area (Å²) in [5.74, 6) is -1.56. The van der Waals surface area contributed by atoms with Gasteiger partial charge in [-0.3, -0.25) is 9.59 Å². The number of amides is 2. The van der Waals surface area contributed by atoms with Crippen LogP contribution in [0.5, 0.6) is 0 Å². The summed E-state index contributed by atoms with van der Waals surface area (Å²) in [7, 11) is 0. The number of guanidine groups is 1. The predicted octanol–water partition coefficient (Wildman–Crippen LogP) is 3.02. The topological polar surface area (TPSA) is 168 Å². The van der Waals surface area contributed by atoms with E-state index < -0.39 is 17.0 Å². The van der Waals surface area contributed by atoms with Gasteiger partial charge < -0.3 is 26.7 Å². The Bertz CT molecular complexity index is 1450. The monoisotopic (exact) mass is 555 g/mol. The summed E-state index contributed by atoms with van der Waals surface area (Å²) < 4.78 is 0. The van der Waals surface area contributed by atoms with Gasteiger partial charge in [0.05, 0.1) is 5.92 Å². The van der Waals surface area contributed by atoms with Crippen molar-refractivity contribution in [3.05, 3.63) is 118 Å². The summed E-state index contributed by atoms with van der Waals surface area (Å²) in [4.78, 5) is 40.8. The lowest BCUT2D eigenvalue weighted by molar-refractivity contribution is -0.485. The van der Waals surface area contributed by atoms with E-state index in [0.717, 1.165) is 27.6 Å². The van der Waals surface area contributed by atoms with Crippen molar-refractivity contribution in [3.63, 3.8) is 0 Å². The van der Waals surface area contributed by atoms with Crippen LogP contribution in [0.15, 0.2) is 96.2 Å². The van der Waals surface area contributed by atoms with Gasteiger partial charge in [0.25, 0.3) is 5.96 Å². The Morgan fingerprint density at radius 1 is 0.878 bits per heavy atom. The molecule has 3 aromatic carbocycles. The lowest BCUT2D eigenvalue weighted by Gasteiger charge is -2.23. The zero-order valence-corrected chi connectivity index (χ0v) is 22.5. The fourth-order valence-electron chi connectivity index (χ4n) is 4.74. The Balaban J connectivity index is 1.45. The summed E-state index contributed by atoms with van der Waals surface area (Å²) in [5, 5.41) is 22.3. The summed E-state index contributed by atoms with van der Waals surface area (Å²) >= 11 is 0. The van der Waals surface area contributed by atoms with Crippen molar-refractivity contribution >= 4 is 28.7 Å². The van der Waals surface area contributed by atoms with Gasteiger partial charge in [0.1, 0.15) is 11.1 Å². The molecule has 0 saturated carbocycles. The average Bonchev–Trinajstić information content (AvgIpc) is 3.38. The first kappa shape index (κ1) is 28.8. The molecule has 0 bridgehead atoms. The highest BCUT2D eigenvalue weighted by Crippen LogP contribution is 2.25. The first-order valence-electron chi connectivity index (χ1n) is 13.4. The van der Waals surface area contributed by atoms with Crippen LogP contribution in [0, 0.1) is 10.1 Å². The fourth-order valence-corrected chi connectivity index (χ4v) is 4.74. The van der Waals surface area contributed by atoms with Gasteiger partial charge in [-0.15, -0.1) is 0 Å². The SMILES string of the molecule is NC(=N[N+](=O)[O-])NCCC[C@H](NC(=O)C(c1ccccc1)c1ccccc1)C(=O)NCCc1c[nH]c2ccccc12. The van der Waals surface area contributed by atoms with Crippen molar-refractivity contribution in [1.29, 1.82) is 0 Å². The van der Waals surface area contributed by atoms with Gasteiger partial charge in [-0.25, -0.2) is 10.1 Å². The van der Waals surface area contributed by atoms with Crippen LogP contribution in [-0.2, 0) is 16.0 Å². The number of nitrogens with two attached hydrogens (primary N) is 1. The van der Waals surface area contributed by atoms with Crippen molar-refractivity contribution in [2.24, 2.45) is 10.8 Å². The number of H-pyrrole nitrogens is 1. The highest BCUT2D eigenvalue weighted by Gasteiger charge is 2.27. The number of aromatic nitrogens is 1. The first-order chi connectivity index (χ1) is 19.9. The third-order valence-electron chi connectivity index (χ3n) is 6.69. The first-order valence-corrected chi connectivity index (χ1v) is 13.4. The standard InChI is InChI=1S/C30H33N7O4/c31-30(36-37(40)41)33-18-9-16-26(28(38)32-19-17-23-20-34-25-15-8-7-14-24(23)25)35-29(39)27(21-10-3-1-4-11-21)22-12-5-2-6-13-22/h1-8,10-15,20,26-27,34H,9,16-19H2,(H,32,38)(H,35,39)(H3,31,33,36)/t26-/m0/s1. The van der Waals surface area contributed by atoms with Crippen LogP contribution in [0.1, 0.15) is 35.4 Å². The van der Waals surface area contributed by atoms with Gasteiger partial charge in [-0.2, -0.15) is 0 Å². The molecule has 0 aliphatic heterocycles. The maximum Gasteiger partial charge on any atom is 0.266 e. The molecule has 2 amide bonds. The number of nitro groups is 1. The van der Waals surface area contributed by atoms with E-state index in [1.165, 1.54) is 0 Å². The predicted molar refractivity (Wildman–Crippen MR) is 158 cm³/mol. The number of carbonyl (C=O) groups is 2. The summed E-state index contributed by atoms with van der Waals surface area (Å²) in [6.07, 6.45) is 3.22. The zero-order valence-electron chi connectivity index (χ0n) is 22.5. The zero-order chi connectivity index (χ0) is 29.0. The maximum absolute atomic E-state index is 13.7. The quantitative estimate of drug-likeness (QED) is 0.0559. The highest BCUT2D eigenvalue weighted by atomic mass is 16.7. The van der Waals surface area contributed by atoms with Gasteiger partial charge >= 0.3 is 0 Å². The van der Waals surface area contributed by atoms with Crippen molar-refractivity contribution < 1.29 is 14.6 Å². The minimum atomic E-state index is -0.889. The van der Waals surface area contributed by atoms with Gasteiger partial charge in [0.2, 0.25) is 11.8 Å². The summed E-state index contributed by atoms with van der Waals surface area (Å²) in [5.41, 5.74) is 9.22. The lowest BCUT2D eigenvalue weighted by Crippen LogP contribution is -2.49.